The zero-order valence-corrected chi connectivity index (χ0v) is 19.2. The first-order chi connectivity index (χ1) is 16.8. The molecule has 1 aliphatic carbocycles. The van der Waals surface area contributed by atoms with Crippen molar-refractivity contribution in [3.05, 3.63) is 59.7 Å². The average molecular weight is 481 g/mol. The second-order valence-electron chi connectivity index (χ2n) is 9.50. The number of amides is 2. The number of carboxylic acid groups (broad SMARTS) is 1. The molecule has 3 aliphatic rings. The van der Waals surface area contributed by atoms with Gasteiger partial charge in [0.05, 0.1) is 13.2 Å². The number of aliphatic carboxylic acids is 1. The quantitative estimate of drug-likeness (QED) is 0.599. The highest BCUT2D eigenvalue weighted by molar-refractivity contribution is 5.91. The van der Waals surface area contributed by atoms with Gasteiger partial charge in [-0.15, -0.1) is 0 Å². The molecule has 0 bridgehead atoms. The Morgan fingerprint density at radius 1 is 1.06 bits per heavy atom. The number of ether oxygens (including phenoxy) is 2. The maximum atomic E-state index is 13.4. The number of piperidine rings is 1. The number of rotatable bonds is 5. The second kappa shape index (κ2) is 8.98. The first-order valence-corrected chi connectivity index (χ1v) is 11.8. The Bertz CT molecular complexity index is 1110. The van der Waals surface area contributed by atoms with Gasteiger partial charge in [0.25, 0.3) is 5.91 Å². The Balaban J connectivity index is 1.29. The van der Waals surface area contributed by atoms with Gasteiger partial charge in [-0.25, -0.2) is 9.59 Å². The van der Waals surface area contributed by atoms with Gasteiger partial charge in [-0.2, -0.15) is 0 Å². The maximum Gasteiger partial charge on any atom is 0.408 e. The number of nitrogens with one attached hydrogen (secondary N) is 1. The van der Waals surface area contributed by atoms with Gasteiger partial charge in [0.15, 0.2) is 5.60 Å². The zero-order valence-electron chi connectivity index (χ0n) is 19.2. The summed E-state index contributed by atoms with van der Waals surface area (Å²) in [7, 11) is 0. The molecule has 5 rings (SSSR count). The van der Waals surface area contributed by atoms with Crippen LogP contribution in [0.3, 0.4) is 0 Å². The summed E-state index contributed by atoms with van der Waals surface area (Å²) in [5.41, 5.74) is 1.03. The van der Waals surface area contributed by atoms with E-state index in [0.717, 1.165) is 22.3 Å². The van der Waals surface area contributed by atoms with Crippen molar-refractivity contribution in [2.75, 3.05) is 32.9 Å². The van der Waals surface area contributed by atoms with E-state index in [9.17, 15) is 24.6 Å². The lowest BCUT2D eigenvalue weighted by Gasteiger charge is -2.40. The predicted molar refractivity (Wildman–Crippen MR) is 125 cm³/mol. The molecule has 2 heterocycles. The Labute approximate surface area is 202 Å². The second-order valence-corrected chi connectivity index (χ2v) is 9.50. The molecule has 0 aromatic heterocycles. The number of hydrogen-bond donors (Lipinski definition) is 3. The van der Waals surface area contributed by atoms with Crippen LogP contribution < -0.4 is 5.32 Å². The van der Waals surface area contributed by atoms with Gasteiger partial charge in [0.2, 0.25) is 0 Å². The van der Waals surface area contributed by atoms with Gasteiger partial charge in [0, 0.05) is 25.5 Å². The van der Waals surface area contributed by atoms with Gasteiger partial charge in [0.1, 0.15) is 12.1 Å². The van der Waals surface area contributed by atoms with Gasteiger partial charge in [-0.1, -0.05) is 48.5 Å². The Hall–Kier alpha value is -3.43. The molecule has 0 radical (unpaired) electrons. The van der Waals surface area contributed by atoms with Gasteiger partial charge in [-0.3, -0.25) is 4.79 Å². The first kappa shape index (κ1) is 23.3. The van der Waals surface area contributed by atoms with Crippen LogP contribution >= 0.6 is 0 Å². The first-order valence-electron chi connectivity index (χ1n) is 11.8. The molecule has 2 unspecified atom stereocenters. The highest BCUT2D eigenvalue weighted by atomic mass is 16.6. The van der Waals surface area contributed by atoms with E-state index in [1.807, 2.05) is 36.4 Å². The summed E-state index contributed by atoms with van der Waals surface area (Å²) in [4.78, 5) is 39.1. The number of hydrogen-bond acceptors (Lipinski definition) is 6. The lowest BCUT2D eigenvalue weighted by atomic mass is 9.90. The molecular weight excluding hydrogens is 452 g/mol. The van der Waals surface area contributed by atoms with E-state index in [4.69, 9.17) is 9.47 Å². The third-order valence-electron chi connectivity index (χ3n) is 7.27. The van der Waals surface area contributed by atoms with Crippen LogP contribution in [-0.4, -0.2) is 77.1 Å². The van der Waals surface area contributed by atoms with Crippen molar-refractivity contribution in [3.8, 4) is 11.1 Å². The molecule has 2 fully saturated rings. The minimum atomic E-state index is -2.00. The molecule has 2 saturated heterocycles. The Morgan fingerprint density at radius 3 is 2.31 bits per heavy atom. The zero-order chi connectivity index (χ0) is 24.6. The molecule has 184 valence electrons. The van der Waals surface area contributed by atoms with Crippen LogP contribution in [0.1, 0.15) is 36.3 Å². The van der Waals surface area contributed by atoms with Crippen LogP contribution in [0, 0.1) is 0 Å². The molecule has 3 N–H and O–H groups in total. The SMILES string of the molecule is O=C(NC1(C(=O)N2CCCC(O)(C(=O)O)C2)CCOC1)OCC1c2ccccc2-c2ccccc21. The highest BCUT2D eigenvalue weighted by Crippen LogP contribution is 2.44. The fourth-order valence-electron chi connectivity index (χ4n) is 5.40. The fraction of sp³-hybridized carbons (Fsp3) is 0.423. The molecular formula is C26H28N2O7. The van der Waals surface area contributed by atoms with Crippen molar-refractivity contribution in [2.45, 2.75) is 36.3 Å². The van der Waals surface area contributed by atoms with Crippen LogP contribution in [-0.2, 0) is 19.1 Å². The van der Waals surface area contributed by atoms with Crippen LogP contribution in [0.15, 0.2) is 48.5 Å². The van der Waals surface area contributed by atoms with Crippen LogP contribution in [0.5, 0.6) is 0 Å². The molecule has 2 aromatic rings. The number of benzene rings is 2. The summed E-state index contributed by atoms with van der Waals surface area (Å²) in [6.45, 7) is 0.287. The topological polar surface area (TPSA) is 125 Å². The third-order valence-corrected chi connectivity index (χ3v) is 7.27. The molecule has 35 heavy (non-hydrogen) atoms. The Kier molecular flexibility index (Phi) is 5.98. The number of carbonyl (C=O) groups is 3. The third kappa shape index (κ3) is 4.15. The van der Waals surface area contributed by atoms with E-state index in [1.54, 1.807) is 0 Å². The van der Waals surface area contributed by atoms with Crippen molar-refractivity contribution < 1.29 is 34.1 Å². The van der Waals surface area contributed by atoms with E-state index < -0.39 is 29.1 Å². The number of likely N-dealkylation sites (tertiary alicyclic amines) is 1. The molecule has 0 spiro atoms. The van der Waals surface area contributed by atoms with Gasteiger partial charge in [-0.05, 0) is 35.1 Å². The summed E-state index contributed by atoms with van der Waals surface area (Å²) < 4.78 is 11.1. The van der Waals surface area contributed by atoms with E-state index in [1.165, 1.54) is 4.90 Å². The average Bonchev–Trinajstić information content (AvgIpc) is 3.46. The van der Waals surface area contributed by atoms with Crippen molar-refractivity contribution in [2.24, 2.45) is 0 Å². The summed E-state index contributed by atoms with van der Waals surface area (Å²) >= 11 is 0. The molecule has 2 atom stereocenters. The van der Waals surface area contributed by atoms with E-state index in [2.05, 4.69) is 17.4 Å². The van der Waals surface area contributed by atoms with Crippen LogP contribution in [0.25, 0.3) is 11.1 Å². The van der Waals surface area contributed by atoms with E-state index >= 15 is 0 Å². The smallest absolute Gasteiger partial charge is 0.408 e. The van der Waals surface area contributed by atoms with Crippen molar-refractivity contribution in [3.63, 3.8) is 0 Å². The summed E-state index contributed by atoms with van der Waals surface area (Å²) in [5, 5.41) is 22.5. The summed E-state index contributed by atoms with van der Waals surface area (Å²) in [5.74, 6) is -1.95. The van der Waals surface area contributed by atoms with Gasteiger partial charge >= 0.3 is 12.1 Å². The number of aliphatic hydroxyl groups is 1. The molecule has 2 amide bonds. The normalized spacial score (nSPS) is 25.6. The monoisotopic (exact) mass is 480 g/mol. The lowest BCUT2D eigenvalue weighted by molar-refractivity contribution is -0.168. The Morgan fingerprint density at radius 2 is 1.71 bits per heavy atom. The van der Waals surface area contributed by atoms with Crippen molar-refractivity contribution >= 4 is 18.0 Å². The number of carbonyl (C=O) groups excluding carboxylic acids is 2. The molecule has 0 saturated carbocycles. The van der Waals surface area contributed by atoms with Crippen molar-refractivity contribution in [1.29, 1.82) is 0 Å². The minimum Gasteiger partial charge on any atom is -0.479 e. The number of fused-ring (bicyclic) bond motifs is 3. The van der Waals surface area contributed by atoms with Gasteiger partial charge < -0.3 is 29.9 Å². The fourth-order valence-corrected chi connectivity index (χ4v) is 5.40. The maximum absolute atomic E-state index is 13.4. The van der Waals surface area contributed by atoms with Crippen LogP contribution in [0.2, 0.25) is 0 Å². The highest BCUT2D eigenvalue weighted by Gasteiger charge is 2.50. The molecule has 2 aromatic carbocycles. The largest absolute Gasteiger partial charge is 0.479 e. The van der Waals surface area contributed by atoms with Crippen molar-refractivity contribution in [1.82, 2.24) is 10.2 Å². The number of alkyl carbamates (subject to hydrolysis) is 1. The molecule has 9 nitrogen and oxygen atoms in total. The number of carboxylic acids is 1. The predicted octanol–water partition coefficient (Wildman–Crippen LogP) is 2.12. The summed E-state index contributed by atoms with van der Waals surface area (Å²) in [6.07, 6.45) is -0.0969. The lowest BCUT2D eigenvalue weighted by Crippen LogP contribution is -2.64. The molecule has 9 heteroatoms. The standard InChI is InChI=1S/C26H28N2O7/c29-22(28-12-5-10-26(33,15-28)23(30)31)25(11-13-34-16-25)27-24(32)35-14-21-19-8-3-1-6-17(19)18-7-2-4-9-20(18)21/h1-4,6-9,21,33H,5,10-16H2,(H,27,32)(H,30,31). The molecule has 2 aliphatic heterocycles. The van der Waals surface area contributed by atoms with Crippen LogP contribution in [0.4, 0.5) is 4.79 Å². The number of nitrogens with zero attached hydrogens (tertiary/aromatic N) is 1. The van der Waals surface area contributed by atoms with E-state index in [0.29, 0.717) is 13.0 Å². The number of β-amino-alcohol motifs (C(OH)–C–C–N with tert-alkyl or cyclic N) is 1. The minimum absolute atomic E-state index is 0.0436. The van der Waals surface area contributed by atoms with E-state index in [-0.39, 0.29) is 45.1 Å². The summed E-state index contributed by atoms with van der Waals surface area (Å²) in [6, 6.07) is 16.0.